The SMILES string of the molecule is Nc1[nH]c(-c2c(F)cccc2Cl)nc1-c1ccc(NC(=O)c2ccccc2)nc1. The smallest absolute Gasteiger partial charge is 0.256 e. The second-order valence-electron chi connectivity index (χ2n) is 6.20. The molecule has 0 bridgehead atoms. The molecule has 8 heteroatoms. The van der Waals surface area contributed by atoms with Crippen molar-refractivity contribution in [1.82, 2.24) is 15.0 Å². The van der Waals surface area contributed by atoms with Gasteiger partial charge in [-0.2, -0.15) is 0 Å². The predicted molar refractivity (Wildman–Crippen MR) is 111 cm³/mol. The molecule has 1 amide bonds. The molecule has 0 aliphatic carbocycles. The molecule has 0 aliphatic rings. The molecular weight excluding hydrogens is 393 g/mol. The number of amides is 1. The van der Waals surface area contributed by atoms with Gasteiger partial charge in [0.05, 0.1) is 10.6 Å². The fraction of sp³-hybridized carbons (Fsp3) is 0. The van der Waals surface area contributed by atoms with Crippen LogP contribution >= 0.6 is 11.6 Å². The van der Waals surface area contributed by atoms with E-state index in [0.717, 1.165) is 0 Å². The van der Waals surface area contributed by atoms with Crippen molar-refractivity contribution < 1.29 is 9.18 Å². The zero-order valence-corrected chi connectivity index (χ0v) is 15.7. The van der Waals surface area contributed by atoms with Crippen LogP contribution in [0.25, 0.3) is 22.6 Å². The van der Waals surface area contributed by atoms with Crippen molar-refractivity contribution in [3.05, 3.63) is 83.3 Å². The molecule has 4 aromatic rings. The van der Waals surface area contributed by atoms with Gasteiger partial charge in [-0.3, -0.25) is 4.79 Å². The zero-order valence-electron chi connectivity index (χ0n) is 15.0. The molecule has 0 atom stereocenters. The lowest BCUT2D eigenvalue weighted by Gasteiger charge is -2.05. The monoisotopic (exact) mass is 407 g/mol. The number of rotatable bonds is 4. The normalized spacial score (nSPS) is 10.7. The van der Waals surface area contributed by atoms with E-state index in [2.05, 4.69) is 20.3 Å². The highest BCUT2D eigenvalue weighted by molar-refractivity contribution is 6.33. The average Bonchev–Trinajstić information content (AvgIpc) is 3.10. The highest BCUT2D eigenvalue weighted by Gasteiger charge is 2.17. The number of carbonyl (C=O) groups is 1. The van der Waals surface area contributed by atoms with Crippen LogP contribution in [0.3, 0.4) is 0 Å². The summed E-state index contributed by atoms with van der Waals surface area (Å²) in [6.07, 6.45) is 1.53. The number of imidazole rings is 1. The van der Waals surface area contributed by atoms with E-state index >= 15 is 0 Å². The molecule has 29 heavy (non-hydrogen) atoms. The Morgan fingerprint density at radius 1 is 1.07 bits per heavy atom. The minimum atomic E-state index is -0.505. The second kappa shape index (κ2) is 7.73. The first-order valence-corrected chi connectivity index (χ1v) is 9.03. The number of halogens is 2. The molecule has 4 rings (SSSR count). The van der Waals surface area contributed by atoms with E-state index in [4.69, 9.17) is 17.3 Å². The van der Waals surface area contributed by atoms with E-state index in [9.17, 15) is 9.18 Å². The number of anilines is 2. The number of pyridine rings is 1. The van der Waals surface area contributed by atoms with Gasteiger partial charge in [-0.25, -0.2) is 14.4 Å². The molecule has 0 unspecified atom stereocenters. The minimum absolute atomic E-state index is 0.145. The van der Waals surface area contributed by atoms with Crippen LogP contribution in [0.5, 0.6) is 0 Å². The molecule has 6 nitrogen and oxygen atoms in total. The van der Waals surface area contributed by atoms with Crippen LogP contribution < -0.4 is 11.1 Å². The standard InChI is InChI=1S/C21H15ClFN5O/c22-14-7-4-8-15(23)17(14)20-27-18(19(24)28-20)13-9-10-16(25-11-13)26-21(29)12-5-2-1-3-6-12/h1-11H,24H2,(H,27,28)(H,25,26,29). The first-order valence-electron chi connectivity index (χ1n) is 8.65. The van der Waals surface area contributed by atoms with Crippen molar-refractivity contribution in [2.75, 3.05) is 11.1 Å². The predicted octanol–water partition coefficient (Wildman–Crippen LogP) is 4.77. The van der Waals surface area contributed by atoms with Crippen LogP contribution in [0.2, 0.25) is 5.02 Å². The van der Waals surface area contributed by atoms with Crippen molar-refractivity contribution in [1.29, 1.82) is 0 Å². The molecule has 144 valence electrons. The first kappa shape index (κ1) is 18.6. The Labute approximate surface area is 170 Å². The number of hydrogen-bond donors (Lipinski definition) is 3. The Hall–Kier alpha value is -3.71. The number of carbonyl (C=O) groups excluding carboxylic acids is 1. The summed E-state index contributed by atoms with van der Waals surface area (Å²) in [5, 5.41) is 2.95. The second-order valence-corrected chi connectivity index (χ2v) is 6.60. The van der Waals surface area contributed by atoms with Gasteiger partial charge in [-0.1, -0.05) is 35.9 Å². The quantitative estimate of drug-likeness (QED) is 0.454. The summed E-state index contributed by atoms with van der Waals surface area (Å²) < 4.78 is 14.2. The van der Waals surface area contributed by atoms with Crippen molar-refractivity contribution in [2.45, 2.75) is 0 Å². The fourth-order valence-electron chi connectivity index (χ4n) is 2.84. The lowest BCUT2D eigenvalue weighted by molar-refractivity contribution is 0.102. The third-order valence-corrected chi connectivity index (χ3v) is 4.56. The van der Waals surface area contributed by atoms with Crippen molar-refractivity contribution in [3.63, 3.8) is 0 Å². The molecule has 0 fully saturated rings. The third-order valence-electron chi connectivity index (χ3n) is 4.25. The van der Waals surface area contributed by atoms with E-state index in [1.165, 1.54) is 18.3 Å². The van der Waals surface area contributed by atoms with Gasteiger partial charge in [0.1, 0.15) is 29.0 Å². The van der Waals surface area contributed by atoms with E-state index in [1.807, 2.05) is 6.07 Å². The van der Waals surface area contributed by atoms with Crippen molar-refractivity contribution in [2.24, 2.45) is 0 Å². The van der Waals surface area contributed by atoms with Gasteiger partial charge in [0.25, 0.3) is 5.91 Å². The number of benzene rings is 2. The highest BCUT2D eigenvalue weighted by atomic mass is 35.5. The van der Waals surface area contributed by atoms with Crippen LogP contribution in [0.4, 0.5) is 16.0 Å². The van der Waals surface area contributed by atoms with Crippen LogP contribution in [0, 0.1) is 5.82 Å². The Morgan fingerprint density at radius 2 is 1.86 bits per heavy atom. The number of nitrogens with one attached hydrogen (secondary N) is 2. The molecule has 0 aliphatic heterocycles. The lowest BCUT2D eigenvalue weighted by Crippen LogP contribution is -2.12. The van der Waals surface area contributed by atoms with Crippen LogP contribution in [-0.4, -0.2) is 20.9 Å². The fourth-order valence-corrected chi connectivity index (χ4v) is 3.09. The topological polar surface area (TPSA) is 96.7 Å². The van der Waals surface area contributed by atoms with Crippen LogP contribution in [0.15, 0.2) is 66.9 Å². The number of nitrogens with two attached hydrogens (primary N) is 1. The number of H-pyrrole nitrogens is 1. The van der Waals surface area contributed by atoms with Crippen LogP contribution in [-0.2, 0) is 0 Å². The van der Waals surface area contributed by atoms with Gasteiger partial charge in [0, 0.05) is 17.3 Å². The maximum Gasteiger partial charge on any atom is 0.256 e. The minimum Gasteiger partial charge on any atom is -0.383 e. The summed E-state index contributed by atoms with van der Waals surface area (Å²) in [5.74, 6) is 0.0924. The van der Waals surface area contributed by atoms with E-state index in [-0.39, 0.29) is 28.1 Å². The summed E-state index contributed by atoms with van der Waals surface area (Å²) in [6, 6.07) is 16.6. The largest absolute Gasteiger partial charge is 0.383 e. The highest BCUT2D eigenvalue weighted by Crippen LogP contribution is 2.33. The molecule has 4 N–H and O–H groups in total. The van der Waals surface area contributed by atoms with Gasteiger partial charge in [-0.15, -0.1) is 0 Å². The molecule has 0 spiro atoms. The average molecular weight is 408 g/mol. The summed E-state index contributed by atoms with van der Waals surface area (Å²) in [7, 11) is 0. The Balaban J connectivity index is 1.58. The zero-order chi connectivity index (χ0) is 20.4. The summed E-state index contributed by atoms with van der Waals surface area (Å²) in [4.78, 5) is 23.7. The molecule has 2 aromatic carbocycles. The van der Waals surface area contributed by atoms with E-state index in [1.54, 1.807) is 42.5 Å². The summed E-state index contributed by atoms with van der Waals surface area (Å²) in [5.41, 5.74) is 7.72. The summed E-state index contributed by atoms with van der Waals surface area (Å²) >= 11 is 6.10. The first-order chi connectivity index (χ1) is 14.0. The molecule has 0 saturated heterocycles. The molecule has 0 radical (unpaired) electrons. The van der Waals surface area contributed by atoms with Crippen molar-refractivity contribution >= 4 is 29.1 Å². The number of hydrogen-bond acceptors (Lipinski definition) is 4. The van der Waals surface area contributed by atoms with Gasteiger partial charge in [0.15, 0.2) is 0 Å². The summed E-state index contributed by atoms with van der Waals surface area (Å²) in [6.45, 7) is 0. The molecule has 2 aromatic heterocycles. The van der Waals surface area contributed by atoms with Gasteiger partial charge in [0.2, 0.25) is 0 Å². The van der Waals surface area contributed by atoms with Gasteiger partial charge >= 0.3 is 0 Å². The number of aromatic amines is 1. The van der Waals surface area contributed by atoms with Gasteiger partial charge < -0.3 is 16.0 Å². The lowest BCUT2D eigenvalue weighted by atomic mass is 10.2. The Bertz CT molecular complexity index is 1160. The Morgan fingerprint density at radius 3 is 2.55 bits per heavy atom. The molecule has 2 heterocycles. The Kier molecular flexibility index (Phi) is 4.97. The van der Waals surface area contributed by atoms with Crippen molar-refractivity contribution in [3.8, 4) is 22.6 Å². The van der Waals surface area contributed by atoms with E-state index in [0.29, 0.717) is 22.6 Å². The third kappa shape index (κ3) is 3.81. The maximum absolute atomic E-state index is 14.2. The number of nitrogen functional groups attached to an aromatic ring is 1. The van der Waals surface area contributed by atoms with Crippen LogP contribution in [0.1, 0.15) is 10.4 Å². The molecular formula is C21H15ClFN5O. The van der Waals surface area contributed by atoms with Gasteiger partial charge in [-0.05, 0) is 36.4 Å². The molecule has 0 saturated carbocycles. The number of nitrogens with zero attached hydrogens (tertiary/aromatic N) is 2. The van der Waals surface area contributed by atoms with E-state index < -0.39 is 5.82 Å². The number of aromatic nitrogens is 3. The maximum atomic E-state index is 14.2.